The molecule has 0 fully saturated rings. The first kappa shape index (κ1) is 14.2. The van der Waals surface area contributed by atoms with Crippen LogP contribution in [0.5, 0.6) is 0 Å². The Hall–Kier alpha value is -0.870. The van der Waals surface area contributed by atoms with Gasteiger partial charge >= 0.3 is 0 Å². The molecule has 0 aliphatic rings. The minimum absolute atomic E-state index is 0.00244. The summed E-state index contributed by atoms with van der Waals surface area (Å²) in [7, 11) is 0. The smallest absolute Gasteiger partial charge is 0.252 e. The standard InChI is InChI=1S/C12H17ClN2OS/c1-12(2,17-3)7-15-11(16)8-5-4-6-9(14)10(8)13/h4-6H,7,14H2,1-3H3,(H,15,16). The van der Waals surface area contributed by atoms with Gasteiger partial charge in [-0.1, -0.05) is 17.7 Å². The van der Waals surface area contributed by atoms with Crippen LogP contribution in [-0.4, -0.2) is 23.5 Å². The molecular formula is C12H17ClN2OS. The maximum absolute atomic E-state index is 11.9. The molecule has 94 valence electrons. The van der Waals surface area contributed by atoms with Crippen molar-refractivity contribution in [1.82, 2.24) is 5.32 Å². The minimum atomic E-state index is -0.190. The lowest BCUT2D eigenvalue weighted by atomic mass is 10.1. The monoisotopic (exact) mass is 272 g/mol. The normalized spacial score (nSPS) is 11.3. The van der Waals surface area contributed by atoms with Crippen molar-refractivity contribution in [1.29, 1.82) is 0 Å². The van der Waals surface area contributed by atoms with Gasteiger partial charge in [-0.3, -0.25) is 4.79 Å². The fraction of sp³-hybridized carbons (Fsp3) is 0.417. The third kappa shape index (κ3) is 3.82. The number of nitrogens with two attached hydrogens (primary N) is 1. The van der Waals surface area contributed by atoms with E-state index < -0.39 is 0 Å². The van der Waals surface area contributed by atoms with Crippen LogP contribution in [0.4, 0.5) is 5.69 Å². The number of hydrogen-bond acceptors (Lipinski definition) is 3. The van der Waals surface area contributed by atoms with Gasteiger partial charge in [0.1, 0.15) is 0 Å². The Labute approximate surface area is 111 Å². The second kappa shape index (κ2) is 5.65. The van der Waals surface area contributed by atoms with Gasteiger partial charge in [0.2, 0.25) is 0 Å². The van der Waals surface area contributed by atoms with Gasteiger partial charge in [-0.15, -0.1) is 0 Å². The molecule has 1 aromatic rings. The Morgan fingerprint density at radius 1 is 1.53 bits per heavy atom. The number of nitrogens with one attached hydrogen (secondary N) is 1. The molecule has 0 aliphatic carbocycles. The molecule has 1 aromatic carbocycles. The van der Waals surface area contributed by atoms with E-state index in [1.807, 2.05) is 6.26 Å². The van der Waals surface area contributed by atoms with E-state index in [0.29, 0.717) is 22.8 Å². The minimum Gasteiger partial charge on any atom is -0.398 e. The van der Waals surface area contributed by atoms with Crippen LogP contribution >= 0.6 is 23.4 Å². The molecule has 0 aliphatic heterocycles. The average molecular weight is 273 g/mol. The van der Waals surface area contributed by atoms with Crippen molar-refractivity contribution in [2.75, 3.05) is 18.5 Å². The highest BCUT2D eigenvalue weighted by Gasteiger charge is 2.18. The number of thioether (sulfide) groups is 1. The zero-order chi connectivity index (χ0) is 13.1. The Balaban J connectivity index is 2.74. The number of carbonyl (C=O) groups is 1. The second-order valence-corrected chi connectivity index (χ2v) is 6.25. The van der Waals surface area contributed by atoms with E-state index in [1.54, 1.807) is 30.0 Å². The maximum Gasteiger partial charge on any atom is 0.252 e. The molecule has 0 radical (unpaired) electrons. The van der Waals surface area contributed by atoms with Gasteiger partial charge < -0.3 is 11.1 Å². The fourth-order valence-electron chi connectivity index (χ4n) is 1.19. The van der Waals surface area contributed by atoms with Gasteiger partial charge in [-0.2, -0.15) is 11.8 Å². The number of anilines is 1. The van der Waals surface area contributed by atoms with Crippen LogP contribution < -0.4 is 11.1 Å². The summed E-state index contributed by atoms with van der Waals surface area (Å²) in [5.41, 5.74) is 6.49. The molecule has 3 nitrogen and oxygen atoms in total. The molecule has 0 unspecified atom stereocenters. The van der Waals surface area contributed by atoms with Crippen molar-refractivity contribution in [3.05, 3.63) is 28.8 Å². The first-order valence-corrected chi connectivity index (χ1v) is 6.85. The van der Waals surface area contributed by atoms with Gasteiger partial charge in [-0.25, -0.2) is 0 Å². The molecule has 0 saturated heterocycles. The number of benzene rings is 1. The zero-order valence-electron chi connectivity index (χ0n) is 10.2. The van der Waals surface area contributed by atoms with E-state index in [4.69, 9.17) is 17.3 Å². The Kier molecular flexibility index (Phi) is 4.71. The van der Waals surface area contributed by atoms with Gasteiger partial charge in [0.15, 0.2) is 0 Å². The van der Waals surface area contributed by atoms with Crippen LogP contribution in [0.25, 0.3) is 0 Å². The molecular weight excluding hydrogens is 256 g/mol. The van der Waals surface area contributed by atoms with Gasteiger partial charge in [0, 0.05) is 11.3 Å². The number of amides is 1. The molecule has 0 bridgehead atoms. The zero-order valence-corrected chi connectivity index (χ0v) is 11.8. The molecule has 5 heteroatoms. The molecule has 0 atom stereocenters. The highest BCUT2D eigenvalue weighted by atomic mass is 35.5. The van der Waals surface area contributed by atoms with E-state index in [1.165, 1.54) is 0 Å². The maximum atomic E-state index is 11.9. The first-order chi connectivity index (χ1) is 7.87. The van der Waals surface area contributed by atoms with E-state index in [2.05, 4.69) is 19.2 Å². The molecule has 1 rings (SSSR count). The van der Waals surface area contributed by atoms with Crippen LogP contribution in [0.2, 0.25) is 5.02 Å². The highest BCUT2D eigenvalue weighted by Crippen LogP contribution is 2.24. The third-order valence-corrected chi connectivity index (χ3v) is 4.17. The SMILES string of the molecule is CSC(C)(C)CNC(=O)c1cccc(N)c1Cl. The molecule has 17 heavy (non-hydrogen) atoms. The largest absolute Gasteiger partial charge is 0.398 e. The van der Waals surface area contributed by atoms with Crippen LogP contribution in [0.1, 0.15) is 24.2 Å². The van der Waals surface area contributed by atoms with Crippen molar-refractivity contribution < 1.29 is 4.79 Å². The fourth-order valence-corrected chi connectivity index (χ4v) is 1.61. The van der Waals surface area contributed by atoms with Gasteiger partial charge in [0.05, 0.1) is 16.3 Å². The number of carbonyl (C=O) groups excluding carboxylic acids is 1. The third-order valence-electron chi connectivity index (χ3n) is 2.50. The predicted octanol–water partition coefficient (Wildman–Crippen LogP) is 2.79. The predicted molar refractivity (Wildman–Crippen MR) is 75.8 cm³/mol. The van der Waals surface area contributed by atoms with E-state index in [9.17, 15) is 4.79 Å². The van der Waals surface area contributed by atoms with Crippen molar-refractivity contribution in [2.45, 2.75) is 18.6 Å². The highest BCUT2D eigenvalue weighted by molar-refractivity contribution is 7.99. The number of nitrogen functional groups attached to an aromatic ring is 1. The summed E-state index contributed by atoms with van der Waals surface area (Å²) in [6.45, 7) is 4.72. The molecule has 0 heterocycles. The van der Waals surface area contributed by atoms with Crippen molar-refractivity contribution in [3.8, 4) is 0 Å². The molecule has 0 spiro atoms. The van der Waals surface area contributed by atoms with Crippen LogP contribution in [0.15, 0.2) is 18.2 Å². The molecule has 3 N–H and O–H groups in total. The van der Waals surface area contributed by atoms with E-state index in [0.717, 1.165) is 0 Å². The molecule has 0 saturated carbocycles. The Morgan fingerprint density at radius 3 is 2.76 bits per heavy atom. The first-order valence-electron chi connectivity index (χ1n) is 5.25. The van der Waals surface area contributed by atoms with E-state index >= 15 is 0 Å². The summed E-state index contributed by atoms with van der Waals surface area (Å²) in [5, 5.41) is 3.17. The summed E-state index contributed by atoms with van der Waals surface area (Å²) in [5.74, 6) is -0.190. The van der Waals surface area contributed by atoms with Crippen LogP contribution in [0, 0.1) is 0 Å². The lowest BCUT2D eigenvalue weighted by Gasteiger charge is -2.22. The average Bonchev–Trinajstić information content (AvgIpc) is 2.30. The Bertz CT molecular complexity index is 421. The quantitative estimate of drug-likeness (QED) is 0.829. The molecule has 0 aromatic heterocycles. The van der Waals surface area contributed by atoms with Crippen molar-refractivity contribution >= 4 is 35.0 Å². The summed E-state index contributed by atoms with van der Waals surface area (Å²) in [4.78, 5) is 11.9. The van der Waals surface area contributed by atoms with Crippen molar-refractivity contribution in [3.63, 3.8) is 0 Å². The number of halogens is 1. The Morgan fingerprint density at radius 2 is 2.18 bits per heavy atom. The van der Waals surface area contributed by atoms with Crippen LogP contribution in [0.3, 0.4) is 0 Å². The van der Waals surface area contributed by atoms with E-state index in [-0.39, 0.29) is 10.7 Å². The van der Waals surface area contributed by atoms with Gasteiger partial charge in [-0.05, 0) is 32.2 Å². The topological polar surface area (TPSA) is 55.1 Å². The lowest BCUT2D eigenvalue weighted by Crippen LogP contribution is -2.36. The second-order valence-electron chi connectivity index (χ2n) is 4.36. The van der Waals surface area contributed by atoms with Crippen molar-refractivity contribution in [2.24, 2.45) is 0 Å². The van der Waals surface area contributed by atoms with Gasteiger partial charge in [0.25, 0.3) is 5.91 Å². The number of hydrogen-bond donors (Lipinski definition) is 2. The lowest BCUT2D eigenvalue weighted by molar-refractivity contribution is 0.0951. The summed E-state index contributed by atoms with van der Waals surface area (Å²) in [6.07, 6.45) is 2.01. The molecule has 1 amide bonds. The van der Waals surface area contributed by atoms with Crippen LogP contribution in [-0.2, 0) is 0 Å². The summed E-state index contributed by atoms with van der Waals surface area (Å²) in [6, 6.07) is 5.06. The summed E-state index contributed by atoms with van der Waals surface area (Å²) < 4.78 is 0.00244. The number of rotatable bonds is 4. The summed E-state index contributed by atoms with van der Waals surface area (Å²) >= 11 is 7.68.